The molecule has 0 N–H and O–H groups in total. The molecule has 2 aromatic heterocycles. The van der Waals surface area contributed by atoms with Crippen LogP contribution in [0.5, 0.6) is 0 Å². The van der Waals surface area contributed by atoms with Crippen molar-refractivity contribution >= 4 is 10.8 Å². The predicted molar refractivity (Wildman–Crippen MR) is 162 cm³/mol. The van der Waals surface area contributed by atoms with E-state index in [4.69, 9.17) is 15.0 Å². The summed E-state index contributed by atoms with van der Waals surface area (Å²) in [5.74, 6) is 1.98. The maximum atomic E-state index is 4.88. The van der Waals surface area contributed by atoms with E-state index in [-0.39, 0.29) is 0 Å². The number of hydrogen-bond donors (Lipinski definition) is 0. The Labute approximate surface area is 232 Å². The van der Waals surface area contributed by atoms with Crippen molar-refractivity contribution in [2.45, 2.75) is 0 Å². The van der Waals surface area contributed by atoms with Crippen LogP contribution in [-0.2, 0) is 0 Å². The quantitative estimate of drug-likeness (QED) is 0.231. The predicted octanol–water partition coefficient (Wildman–Crippen LogP) is 8.75. The zero-order valence-corrected chi connectivity index (χ0v) is 21.6. The second kappa shape index (κ2) is 10.4. The molecule has 0 fully saturated rings. The summed E-state index contributed by atoms with van der Waals surface area (Å²) >= 11 is 0. The van der Waals surface area contributed by atoms with Crippen molar-refractivity contribution in [3.63, 3.8) is 0 Å². The van der Waals surface area contributed by atoms with Crippen molar-refractivity contribution in [1.29, 1.82) is 0 Å². The highest BCUT2D eigenvalue weighted by Crippen LogP contribution is 2.30. The zero-order chi connectivity index (χ0) is 26.7. The second-order valence-corrected chi connectivity index (χ2v) is 9.61. The van der Waals surface area contributed by atoms with Crippen LogP contribution in [0.1, 0.15) is 0 Å². The van der Waals surface area contributed by atoms with Gasteiger partial charge in [-0.3, -0.25) is 4.98 Å². The van der Waals surface area contributed by atoms with Crippen molar-refractivity contribution in [2.75, 3.05) is 0 Å². The second-order valence-electron chi connectivity index (χ2n) is 9.61. The van der Waals surface area contributed by atoms with E-state index in [0.717, 1.165) is 38.7 Å². The zero-order valence-electron chi connectivity index (χ0n) is 21.6. The Morgan fingerprint density at radius 2 is 0.800 bits per heavy atom. The molecule has 40 heavy (non-hydrogen) atoms. The van der Waals surface area contributed by atoms with Crippen molar-refractivity contribution in [3.05, 3.63) is 146 Å². The standard InChI is InChI=1S/C36H24N4/c1-3-9-27(10-4-1)34-38-35(28-11-5-2-6-12-28)40-36(39-34)32-21-20-30-23-29(18-19-31(30)24-32)25-14-16-26(17-15-25)33-13-7-8-22-37-33/h1-24H. The van der Waals surface area contributed by atoms with Gasteiger partial charge in [0.25, 0.3) is 0 Å². The lowest BCUT2D eigenvalue weighted by molar-refractivity contribution is 1.07. The molecular weight excluding hydrogens is 488 g/mol. The van der Waals surface area contributed by atoms with E-state index in [0.29, 0.717) is 17.5 Å². The van der Waals surface area contributed by atoms with E-state index in [9.17, 15) is 0 Å². The van der Waals surface area contributed by atoms with E-state index in [2.05, 4.69) is 65.6 Å². The summed E-state index contributed by atoms with van der Waals surface area (Å²) in [5, 5.41) is 2.30. The van der Waals surface area contributed by atoms with Crippen LogP contribution in [-0.4, -0.2) is 19.9 Å². The molecule has 0 bridgehead atoms. The van der Waals surface area contributed by atoms with Crippen LogP contribution in [0.2, 0.25) is 0 Å². The molecule has 2 heterocycles. The molecule has 188 valence electrons. The molecule has 0 saturated carbocycles. The topological polar surface area (TPSA) is 51.6 Å². The fraction of sp³-hybridized carbons (Fsp3) is 0. The third-order valence-corrected chi connectivity index (χ3v) is 6.98. The molecule has 4 nitrogen and oxygen atoms in total. The molecular formula is C36H24N4. The van der Waals surface area contributed by atoms with E-state index in [1.165, 1.54) is 11.1 Å². The summed E-state index contributed by atoms with van der Waals surface area (Å²) in [5.41, 5.74) is 7.30. The Kier molecular flexibility index (Phi) is 6.11. The lowest BCUT2D eigenvalue weighted by atomic mass is 9.98. The summed E-state index contributed by atoms with van der Waals surface area (Å²) < 4.78 is 0. The number of fused-ring (bicyclic) bond motifs is 1. The first-order valence-corrected chi connectivity index (χ1v) is 13.2. The lowest BCUT2D eigenvalue weighted by Crippen LogP contribution is -2.00. The van der Waals surface area contributed by atoms with Gasteiger partial charge in [0.1, 0.15) is 0 Å². The van der Waals surface area contributed by atoms with E-state index in [1.807, 2.05) is 85.1 Å². The molecule has 0 spiro atoms. The minimum absolute atomic E-state index is 0.656. The highest BCUT2D eigenvalue weighted by molar-refractivity contribution is 5.90. The maximum absolute atomic E-state index is 4.88. The molecule has 0 atom stereocenters. The fourth-order valence-electron chi connectivity index (χ4n) is 4.87. The van der Waals surface area contributed by atoms with Gasteiger partial charge in [-0.2, -0.15) is 0 Å². The molecule has 0 aliphatic heterocycles. The summed E-state index contributed by atoms with van der Waals surface area (Å²) in [6.45, 7) is 0. The first-order valence-electron chi connectivity index (χ1n) is 13.2. The molecule has 0 unspecified atom stereocenters. The Morgan fingerprint density at radius 3 is 1.38 bits per heavy atom. The number of nitrogens with zero attached hydrogens (tertiary/aromatic N) is 4. The molecule has 0 aliphatic rings. The maximum Gasteiger partial charge on any atom is 0.164 e. The van der Waals surface area contributed by atoms with Crippen LogP contribution >= 0.6 is 0 Å². The summed E-state index contributed by atoms with van der Waals surface area (Å²) in [6.07, 6.45) is 1.82. The molecule has 0 aliphatic carbocycles. The molecule has 7 rings (SSSR count). The van der Waals surface area contributed by atoms with Gasteiger partial charge in [0, 0.05) is 28.5 Å². The summed E-state index contributed by atoms with van der Waals surface area (Å²) in [6, 6.07) is 47.6. The number of pyridine rings is 1. The van der Waals surface area contributed by atoms with E-state index in [1.54, 1.807) is 0 Å². The number of benzene rings is 5. The van der Waals surface area contributed by atoms with Crippen molar-refractivity contribution in [3.8, 4) is 56.5 Å². The van der Waals surface area contributed by atoms with Crippen molar-refractivity contribution in [1.82, 2.24) is 19.9 Å². The average molecular weight is 513 g/mol. The normalized spacial score (nSPS) is 11.0. The summed E-state index contributed by atoms with van der Waals surface area (Å²) in [7, 11) is 0. The van der Waals surface area contributed by atoms with Gasteiger partial charge in [-0.15, -0.1) is 0 Å². The minimum atomic E-state index is 0.656. The largest absolute Gasteiger partial charge is 0.256 e. The Hall–Kier alpha value is -5.48. The number of rotatable bonds is 5. The van der Waals surface area contributed by atoms with Gasteiger partial charge in [0.2, 0.25) is 0 Å². The Balaban J connectivity index is 1.25. The van der Waals surface area contributed by atoms with Crippen LogP contribution in [0.3, 0.4) is 0 Å². The first kappa shape index (κ1) is 23.6. The Morgan fingerprint density at radius 1 is 0.325 bits per heavy atom. The number of aromatic nitrogens is 4. The van der Waals surface area contributed by atoms with Crippen LogP contribution < -0.4 is 0 Å². The van der Waals surface area contributed by atoms with Gasteiger partial charge in [0.15, 0.2) is 17.5 Å². The SMILES string of the molecule is c1ccc(-c2nc(-c3ccccc3)nc(-c3ccc4cc(-c5ccc(-c6ccccn6)cc5)ccc4c3)n2)cc1. The summed E-state index contributed by atoms with van der Waals surface area (Å²) in [4.78, 5) is 19.0. The Bertz CT molecular complexity index is 1860. The van der Waals surface area contributed by atoms with Gasteiger partial charge >= 0.3 is 0 Å². The highest BCUT2D eigenvalue weighted by Gasteiger charge is 2.13. The van der Waals surface area contributed by atoms with Crippen LogP contribution in [0.15, 0.2) is 146 Å². The van der Waals surface area contributed by atoms with Gasteiger partial charge < -0.3 is 0 Å². The number of hydrogen-bond acceptors (Lipinski definition) is 4. The molecule has 0 saturated heterocycles. The van der Waals surface area contributed by atoms with Crippen molar-refractivity contribution < 1.29 is 0 Å². The van der Waals surface area contributed by atoms with Gasteiger partial charge in [-0.25, -0.2) is 15.0 Å². The monoisotopic (exact) mass is 512 g/mol. The third kappa shape index (κ3) is 4.74. The lowest BCUT2D eigenvalue weighted by Gasteiger charge is -2.10. The van der Waals surface area contributed by atoms with E-state index >= 15 is 0 Å². The van der Waals surface area contributed by atoms with Crippen molar-refractivity contribution in [2.24, 2.45) is 0 Å². The van der Waals surface area contributed by atoms with E-state index < -0.39 is 0 Å². The molecule has 7 aromatic rings. The highest BCUT2D eigenvalue weighted by atomic mass is 15.0. The molecule has 5 aromatic carbocycles. The molecule has 0 radical (unpaired) electrons. The average Bonchev–Trinajstić information content (AvgIpc) is 3.05. The first-order chi connectivity index (χ1) is 19.8. The van der Waals surface area contributed by atoms with Gasteiger partial charge in [-0.05, 0) is 46.2 Å². The van der Waals surface area contributed by atoms with Gasteiger partial charge in [0.05, 0.1) is 5.69 Å². The van der Waals surface area contributed by atoms with Gasteiger partial charge in [-0.1, -0.05) is 115 Å². The smallest absolute Gasteiger partial charge is 0.164 e. The van der Waals surface area contributed by atoms with Crippen LogP contribution in [0.25, 0.3) is 67.3 Å². The molecule has 0 amide bonds. The third-order valence-electron chi connectivity index (χ3n) is 6.98. The van der Waals surface area contributed by atoms with Crippen LogP contribution in [0, 0.1) is 0 Å². The van der Waals surface area contributed by atoms with Crippen LogP contribution in [0.4, 0.5) is 0 Å². The minimum Gasteiger partial charge on any atom is -0.256 e. The molecule has 4 heteroatoms. The fourth-order valence-corrected chi connectivity index (χ4v) is 4.87.